The Morgan fingerprint density at radius 2 is 2.38 bits per heavy atom. The molecule has 2 aliphatic heterocycles. The first-order chi connectivity index (χ1) is 3.86. The Kier molecular flexibility index (Phi) is 0.848. The molecule has 1 N–H and O–H groups in total. The highest BCUT2D eigenvalue weighted by molar-refractivity contribution is 4.82. The predicted molar refractivity (Wildman–Crippen MR) is 25.2 cm³/mol. The molecule has 0 spiro atoms. The average Bonchev–Trinajstić information content (AvgIpc) is 2.23. The van der Waals surface area contributed by atoms with Crippen molar-refractivity contribution in [3.63, 3.8) is 0 Å². The van der Waals surface area contributed by atoms with Crippen LogP contribution in [-0.2, 0) is 9.47 Å². The molecule has 0 aromatic heterocycles. The van der Waals surface area contributed by atoms with Crippen molar-refractivity contribution < 1.29 is 14.6 Å². The molecule has 3 heteroatoms. The van der Waals surface area contributed by atoms with Gasteiger partial charge in [-0.25, -0.2) is 0 Å². The third kappa shape index (κ3) is 0.491. The molecule has 0 amide bonds. The summed E-state index contributed by atoms with van der Waals surface area (Å²) in [6, 6.07) is 0. The fraction of sp³-hybridized carbons (Fsp3) is 1.00. The van der Waals surface area contributed by atoms with E-state index < -0.39 is 0 Å². The Morgan fingerprint density at radius 3 is 2.62 bits per heavy atom. The molecule has 8 heavy (non-hydrogen) atoms. The van der Waals surface area contributed by atoms with E-state index in [0.717, 1.165) is 0 Å². The zero-order chi connectivity index (χ0) is 5.56. The first-order valence-electron chi connectivity index (χ1n) is 2.81. The van der Waals surface area contributed by atoms with Crippen molar-refractivity contribution in [1.29, 1.82) is 0 Å². The molecule has 0 unspecified atom stereocenters. The monoisotopic (exact) mass is 116 g/mol. The van der Waals surface area contributed by atoms with Crippen LogP contribution in [0.4, 0.5) is 0 Å². The van der Waals surface area contributed by atoms with Gasteiger partial charge in [0.25, 0.3) is 0 Å². The summed E-state index contributed by atoms with van der Waals surface area (Å²) in [7, 11) is 0. The highest BCUT2D eigenvalue weighted by atomic mass is 16.7. The van der Waals surface area contributed by atoms with Crippen LogP contribution < -0.4 is 0 Å². The quantitative estimate of drug-likeness (QED) is 0.463. The highest BCUT2D eigenvalue weighted by Gasteiger charge is 2.40. The summed E-state index contributed by atoms with van der Waals surface area (Å²) in [6.07, 6.45) is 0.258. The largest absolute Gasteiger partial charge is 0.390 e. The van der Waals surface area contributed by atoms with Crippen LogP contribution in [0.15, 0.2) is 0 Å². The van der Waals surface area contributed by atoms with E-state index in [-0.39, 0.29) is 18.5 Å². The molecule has 2 fully saturated rings. The second-order valence-corrected chi connectivity index (χ2v) is 2.24. The van der Waals surface area contributed by atoms with Crippen LogP contribution in [0.5, 0.6) is 0 Å². The maximum atomic E-state index is 9.01. The van der Waals surface area contributed by atoms with Crippen molar-refractivity contribution in [2.24, 2.45) is 0 Å². The van der Waals surface area contributed by atoms with Crippen molar-refractivity contribution in [1.82, 2.24) is 0 Å². The fourth-order valence-electron chi connectivity index (χ4n) is 1.15. The molecule has 2 rings (SSSR count). The third-order valence-electron chi connectivity index (χ3n) is 1.64. The maximum absolute atomic E-state index is 9.01. The van der Waals surface area contributed by atoms with Gasteiger partial charge in [-0.1, -0.05) is 0 Å². The van der Waals surface area contributed by atoms with Crippen LogP contribution in [0.1, 0.15) is 6.42 Å². The molecule has 0 saturated carbocycles. The van der Waals surface area contributed by atoms with Crippen molar-refractivity contribution in [2.45, 2.75) is 24.9 Å². The Hall–Kier alpha value is -0.120. The van der Waals surface area contributed by atoms with Gasteiger partial charge in [-0.2, -0.15) is 0 Å². The molecule has 0 aliphatic carbocycles. The minimum absolute atomic E-state index is 0.0278. The van der Waals surface area contributed by atoms with Crippen molar-refractivity contribution in [3.05, 3.63) is 0 Å². The Morgan fingerprint density at radius 1 is 1.50 bits per heavy atom. The molecule has 3 atom stereocenters. The number of hydrogen-bond acceptors (Lipinski definition) is 3. The average molecular weight is 116 g/mol. The second-order valence-electron chi connectivity index (χ2n) is 2.24. The highest BCUT2D eigenvalue weighted by Crippen LogP contribution is 2.27. The topological polar surface area (TPSA) is 38.7 Å². The van der Waals surface area contributed by atoms with Gasteiger partial charge in [-0.05, 0) is 0 Å². The summed E-state index contributed by atoms with van der Waals surface area (Å²) in [4.78, 5) is 0. The normalized spacial score (nSPS) is 52.9. The zero-order valence-corrected chi connectivity index (χ0v) is 4.41. The lowest BCUT2D eigenvalue weighted by atomic mass is 10.2. The smallest absolute Gasteiger partial charge is 0.160 e. The van der Waals surface area contributed by atoms with E-state index >= 15 is 0 Å². The number of aliphatic hydroxyl groups is 1. The third-order valence-corrected chi connectivity index (χ3v) is 1.64. The van der Waals surface area contributed by atoms with Crippen LogP contribution in [0, 0.1) is 0 Å². The molecular formula is C5H8O3. The van der Waals surface area contributed by atoms with Gasteiger partial charge in [0.15, 0.2) is 6.29 Å². The van der Waals surface area contributed by atoms with Crippen LogP contribution in [0.2, 0.25) is 0 Å². The number of hydrogen-bond donors (Lipinski definition) is 1. The predicted octanol–water partition coefficient (Wildman–Crippen LogP) is -0.508. The van der Waals surface area contributed by atoms with E-state index in [0.29, 0.717) is 13.0 Å². The van der Waals surface area contributed by atoms with Gasteiger partial charge in [-0.15, -0.1) is 0 Å². The SMILES string of the molecule is O[C@@H]1C[C@H]2OC[C@@H]1O2. The molecule has 2 saturated heterocycles. The maximum Gasteiger partial charge on any atom is 0.160 e. The molecule has 0 aromatic carbocycles. The first kappa shape index (κ1) is 4.73. The van der Waals surface area contributed by atoms with Crippen molar-refractivity contribution in [2.75, 3.05) is 6.61 Å². The minimum Gasteiger partial charge on any atom is -0.390 e. The van der Waals surface area contributed by atoms with Gasteiger partial charge in [0.2, 0.25) is 0 Å². The molecular weight excluding hydrogens is 108 g/mol. The van der Waals surface area contributed by atoms with Crippen LogP contribution in [-0.4, -0.2) is 30.2 Å². The number of aliphatic hydroxyl groups excluding tert-OH is 1. The van der Waals surface area contributed by atoms with E-state index in [1.807, 2.05) is 0 Å². The van der Waals surface area contributed by atoms with Gasteiger partial charge in [0.05, 0.1) is 12.7 Å². The molecule has 2 bridgehead atoms. The second kappa shape index (κ2) is 1.43. The van der Waals surface area contributed by atoms with E-state index in [1.54, 1.807) is 0 Å². The summed E-state index contributed by atoms with van der Waals surface area (Å²) < 4.78 is 10.2. The summed E-state index contributed by atoms with van der Waals surface area (Å²) in [5.41, 5.74) is 0. The standard InChI is InChI=1S/C5H8O3/c6-3-1-5-7-2-4(3)8-5/h3-6H,1-2H2/t3-,4+,5+/m1/s1. The molecule has 3 nitrogen and oxygen atoms in total. The minimum atomic E-state index is -0.270. The summed E-state index contributed by atoms with van der Waals surface area (Å²) in [5, 5.41) is 9.01. The molecule has 46 valence electrons. The Labute approximate surface area is 47.2 Å². The molecule has 0 aromatic rings. The van der Waals surface area contributed by atoms with Crippen LogP contribution >= 0.6 is 0 Å². The van der Waals surface area contributed by atoms with Crippen molar-refractivity contribution in [3.8, 4) is 0 Å². The summed E-state index contributed by atoms with van der Waals surface area (Å²) in [6.45, 7) is 0.575. The van der Waals surface area contributed by atoms with Gasteiger partial charge < -0.3 is 14.6 Å². The fourth-order valence-corrected chi connectivity index (χ4v) is 1.15. The molecule has 2 heterocycles. The Balaban J connectivity index is 2.11. The molecule has 2 aliphatic rings. The van der Waals surface area contributed by atoms with Gasteiger partial charge in [0.1, 0.15) is 6.10 Å². The van der Waals surface area contributed by atoms with E-state index in [1.165, 1.54) is 0 Å². The first-order valence-corrected chi connectivity index (χ1v) is 2.81. The van der Waals surface area contributed by atoms with E-state index in [9.17, 15) is 0 Å². The number of ether oxygens (including phenoxy) is 2. The lowest BCUT2D eigenvalue weighted by molar-refractivity contribution is -0.0292. The van der Waals surface area contributed by atoms with E-state index in [4.69, 9.17) is 14.6 Å². The van der Waals surface area contributed by atoms with Crippen LogP contribution in [0.25, 0.3) is 0 Å². The van der Waals surface area contributed by atoms with Gasteiger partial charge in [-0.3, -0.25) is 0 Å². The summed E-state index contributed by atoms with van der Waals surface area (Å²) >= 11 is 0. The number of rotatable bonds is 0. The Bertz CT molecular complexity index is 102. The van der Waals surface area contributed by atoms with Crippen LogP contribution in [0.3, 0.4) is 0 Å². The summed E-state index contributed by atoms with van der Waals surface area (Å²) in [5.74, 6) is 0. The van der Waals surface area contributed by atoms with E-state index in [2.05, 4.69) is 0 Å². The van der Waals surface area contributed by atoms with Crippen molar-refractivity contribution >= 4 is 0 Å². The van der Waals surface area contributed by atoms with Gasteiger partial charge in [0, 0.05) is 6.42 Å². The zero-order valence-electron chi connectivity index (χ0n) is 4.41. The number of fused-ring (bicyclic) bond motifs is 2. The molecule has 0 radical (unpaired) electrons. The lowest BCUT2D eigenvalue weighted by Crippen LogP contribution is -2.26. The van der Waals surface area contributed by atoms with Gasteiger partial charge >= 0.3 is 0 Å². The lowest BCUT2D eigenvalue weighted by Gasteiger charge is -2.10.